The summed E-state index contributed by atoms with van der Waals surface area (Å²) in [6, 6.07) is 6.29. The van der Waals surface area contributed by atoms with Crippen LogP contribution >= 0.6 is 0 Å². The predicted molar refractivity (Wildman–Crippen MR) is 90.0 cm³/mol. The zero-order chi connectivity index (χ0) is 17.9. The second-order valence-electron chi connectivity index (χ2n) is 6.67. The normalized spacial score (nSPS) is 20.1. The molecule has 0 aliphatic carbocycles. The molecule has 0 bridgehead atoms. The van der Waals surface area contributed by atoms with Gasteiger partial charge in [0, 0.05) is 30.4 Å². The Bertz CT molecular complexity index is 642. The summed E-state index contributed by atoms with van der Waals surface area (Å²) in [5.41, 5.74) is 0.174. The molecule has 1 aromatic rings. The second kappa shape index (κ2) is 6.90. The standard InChI is InChI=1S/C17H23N3O4/c1-11(2)18-16(24)19-13-6-4-12(5-7-13)14(21)20-9-8-17(3,10-20)15(22)23/h4-7,11H,8-10H2,1-3H3,(H,22,23)(H2,18,19,24). The van der Waals surface area contributed by atoms with E-state index in [2.05, 4.69) is 10.6 Å². The van der Waals surface area contributed by atoms with Gasteiger partial charge in [0.2, 0.25) is 0 Å². The fraction of sp³-hybridized carbons (Fsp3) is 0.471. The van der Waals surface area contributed by atoms with Gasteiger partial charge in [-0.25, -0.2) is 4.79 Å². The van der Waals surface area contributed by atoms with Crippen LogP contribution < -0.4 is 10.6 Å². The average Bonchev–Trinajstić information content (AvgIpc) is 2.90. The lowest BCUT2D eigenvalue weighted by molar-refractivity contribution is -0.147. The van der Waals surface area contributed by atoms with Gasteiger partial charge in [-0.1, -0.05) is 0 Å². The van der Waals surface area contributed by atoms with Crippen molar-refractivity contribution in [2.75, 3.05) is 18.4 Å². The quantitative estimate of drug-likeness (QED) is 0.786. The molecule has 24 heavy (non-hydrogen) atoms. The van der Waals surface area contributed by atoms with Gasteiger partial charge in [0.15, 0.2) is 0 Å². The number of rotatable bonds is 4. The first kappa shape index (κ1) is 17.8. The number of carbonyl (C=O) groups is 3. The largest absolute Gasteiger partial charge is 0.481 e. The zero-order valence-corrected chi connectivity index (χ0v) is 14.1. The third-order valence-electron chi connectivity index (χ3n) is 4.09. The molecule has 3 amide bonds. The second-order valence-corrected chi connectivity index (χ2v) is 6.67. The molecule has 1 saturated heterocycles. The molecule has 7 heteroatoms. The van der Waals surface area contributed by atoms with Gasteiger partial charge >= 0.3 is 12.0 Å². The average molecular weight is 333 g/mol. The van der Waals surface area contributed by atoms with Crippen molar-refractivity contribution >= 4 is 23.6 Å². The van der Waals surface area contributed by atoms with Crippen molar-refractivity contribution in [3.8, 4) is 0 Å². The molecule has 1 aliphatic heterocycles. The molecule has 1 aliphatic rings. The first-order chi connectivity index (χ1) is 11.2. The Kier molecular flexibility index (Phi) is 5.11. The van der Waals surface area contributed by atoms with E-state index < -0.39 is 11.4 Å². The summed E-state index contributed by atoms with van der Waals surface area (Å²) >= 11 is 0. The number of nitrogens with zero attached hydrogens (tertiary/aromatic N) is 1. The van der Waals surface area contributed by atoms with Crippen molar-refractivity contribution in [1.29, 1.82) is 0 Å². The molecule has 7 nitrogen and oxygen atoms in total. The monoisotopic (exact) mass is 333 g/mol. The minimum atomic E-state index is -0.883. The Morgan fingerprint density at radius 3 is 2.33 bits per heavy atom. The molecule has 1 heterocycles. The number of hydrogen-bond donors (Lipinski definition) is 3. The summed E-state index contributed by atoms with van der Waals surface area (Å²) in [5.74, 6) is -1.08. The summed E-state index contributed by atoms with van der Waals surface area (Å²) in [5, 5.41) is 14.6. The smallest absolute Gasteiger partial charge is 0.319 e. The predicted octanol–water partition coefficient (Wildman–Crippen LogP) is 2.15. The lowest BCUT2D eigenvalue weighted by atomic mass is 9.90. The minimum absolute atomic E-state index is 0.0320. The van der Waals surface area contributed by atoms with Crippen LogP contribution in [0.5, 0.6) is 0 Å². The molecule has 0 radical (unpaired) electrons. The van der Waals surface area contributed by atoms with E-state index in [9.17, 15) is 19.5 Å². The summed E-state index contributed by atoms with van der Waals surface area (Å²) < 4.78 is 0. The SMILES string of the molecule is CC(C)NC(=O)Nc1ccc(C(=O)N2CCC(C)(C(=O)O)C2)cc1. The van der Waals surface area contributed by atoms with Crippen LogP contribution in [-0.4, -0.2) is 47.0 Å². The first-order valence-electron chi connectivity index (χ1n) is 7.91. The number of urea groups is 1. The van der Waals surface area contributed by atoms with Gasteiger partial charge in [-0.15, -0.1) is 0 Å². The van der Waals surface area contributed by atoms with E-state index in [4.69, 9.17) is 0 Å². The third kappa shape index (κ3) is 4.04. The molecule has 130 valence electrons. The van der Waals surface area contributed by atoms with Crippen LogP contribution in [0.3, 0.4) is 0 Å². The molecule has 3 N–H and O–H groups in total. The van der Waals surface area contributed by atoms with E-state index in [1.54, 1.807) is 36.1 Å². The first-order valence-corrected chi connectivity index (χ1v) is 7.91. The van der Waals surface area contributed by atoms with Gasteiger partial charge in [0.25, 0.3) is 5.91 Å². The highest BCUT2D eigenvalue weighted by atomic mass is 16.4. The summed E-state index contributed by atoms with van der Waals surface area (Å²) in [7, 11) is 0. The van der Waals surface area contributed by atoms with Crippen LogP contribution in [0.2, 0.25) is 0 Å². The molecule has 0 saturated carbocycles. The van der Waals surface area contributed by atoms with E-state index in [-0.39, 0.29) is 24.5 Å². The Morgan fingerprint density at radius 1 is 1.21 bits per heavy atom. The zero-order valence-electron chi connectivity index (χ0n) is 14.1. The van der Waals surface area contributed by atoms with E-state index >= 15 is 0 Å². The Hall–Kier alpha value is -2.57. The number of benzene rings is 1. The third-order valence-corrected chi connectivity index (χ3v) is 4.09. The van der Waals surface area contributed by atoms with Crippen molar-refractivity contribution in [2.24, 2.45) is 5.41 Å². The Balaban J connectivity index is 1.99. The highest BCUT2D eigenvalue weighted by molar-refractivity contribution is 5.96. The lowest BCUT2D eigenvalue weighted by Crippen LogP contribution is -2.35. The molecule has 1 aromatic carbocycles. The Labute approximate surface area is 141 Å². The van der Waals surface area contributed by atoms with Gasteiger partial charge in [-0.2, -0.15) is 0 Å². The van der Waals surface area contributed by atoms with Gasteiger partial charge < -0.3 is 20.6 Å². The highest BCUT2D eigenvalue weighted by Crippen LogP contribution is 2.31. The highest BCUT2D eigenvalue weighted by Gasteiger charge is 2.42. The number of carbonyl (C=O) groups excluding carboxylic acids is 2. The summed E-state index contributed by atoms with van der Waals surface area (Å²) in [4.78, 5) is 36.9. The lowest BCUT2D eigenvalue weighted by Gasteiger charge is -2.20. The number of hydrogen-bond acceptors (Lipinski definition) is 3. The fourth-order valence-corrected chi connectivity index (χ4v) is 2.62. The Morgan fingerprint density at radius 2 is 1.83 bits per heavy atom. The number of amides is 3. The number of aliphatic carboxylic acids is 1. The van der Waals surface area contributed by atoms with E-state index in [0.717, 1.165) is 0 Å². The van der Waals surface area contributed by atoms with Gasteiger partial charge in [0.05, 0.1) is 5.41 Å². The number of carboxylic acid groups (broad SMARTS) is 1. The molecular formula is C17H23N3O4. The van der Waals surface area contributed by atoms with Crippen molar-refractivity contribution in [1.82, 2.24) is 10.2 Å². The maximum absolute atomic E-state index is 12.5. The summed E-state index contributed by atoms with van der Waals surface area (Å²) in [6.45, 7) is 6.02. The molecule has 0 spiro atoms. The number of carboxylic acids is 1. The maximum atomic E-state index is 12.5. The minimum Gasteiger partial charge on any atom is -0.481 e. The van der Waals surface area contributed by atoms with Crippen molar-refractivity contribution < 1.29 is 19.5 Å². The van der Waals surface area contributed by atoms with Crippen LogP contribution in [-0.2, 0) is 4.79 Å². The topological polar surface area (TPSA) is 98.7 Å². The summed E-state index contributed by atoms with van der Waals surface area (Å²) in [6.07, 6.45) is 0.448. The van der Waals surface area contributed by atoms with Crippen molar-refractivity contribution in [2.45, 2.75) is 33.2 Å². The van der Waals surface area contributed by atoms with Crippen LogP contribution in [0, 0.1) is 5.41 Å². The van der Waals surface area contributed by atoms with Gasteiger partial charge in [-0.05, 0) is 51.5 Å². The van der Waals surface area contributed by atoms with Crippen molar-refractivity contribution in [3.63, 3.8) is 0 Å². The molecule has 1 unspecified atom stereocenters. The van der Waals surface area contributed by atoms with Crippen LogP contribution in [0.4, 0.5) is 10.5 Å². The van der Waals surface area contributed by atoms with E-state index in [1.165, 1.54) is 0 Å². The number of anilines is 1. The van der Waals surface area contributed by atoms with Crippen LogP contribution in [0.15, 0.2) is 24.3 Å². The van der Waals surface area contributed by atoms with Gasteiger partial charge in [0.1, 0.15) is 0 Å². The van der Waals surface area contributed by atoms with Crippen molar-refractivity contribution in [3.05, 3.63) is 29.8 Å². The number of likely N-dealkylation sites (tertiary alicyclic amines) is 1. The molecule has 0 aromatic heterocycles. The molecular weight excluding hydrogens is 310 g/mol. The molecule has 1 fully saturated rings. The van der Waals surface area contributed by atoms with Crippen LogP contribution in [0.25, 0.3) is 0 Å². The molecule has 1 atom stereocenters. The fourth-order valence-electron chi connectivity index (χ4n) is 2.62. The van der Waals surface area contributed by atoms with E-state index in [0.29, 0.717) is 24.2 Å². The molecule has 2 rings (SSSR count). The van der Waals surface area contributed by atoms with E-state index in [1.807, 2.05) is 13.8 Å². The van der Waals surface area contributed by atoms with Crippen LogP contribution in [0.1, 0.15) is 37.6 Å². The number of nitrogens with one attached hydrogen (secondary N) is 2. The van der Waals surface area contributed by atoms with Gasteiger partial charge in [-0.3, -0.25) is 9.59 Å². The maximum Gasteiger partial charge on any atom is 0.319 e.